The average Bonchev–Trinajstić information content (AvgIpc) is 3.52. The molecule has 0 spiro atoms. The predicted molar refractivity (Wildman–Crippen MR) is 197 cm³/mol. The lowest BCUT2D eigenvalue weighted by atomic mass is 10.1. The fourth-order valence-electron chi connectivity index (χ4n) is 4.29. The van der Waals surface area contributed by atoms with Gasteiger partial charge in [0.05, 0.1) is 21.2 Å². The van der Waals surface area contributed by atoms with Gasteiger partial charge in [0, 0.05) is 11.3 Å². The van der Waals surface area contributed by atoms with Gasteiger partial charge in [-0.15, -0.1) is 35.3 Å². The molecule has 0 aromatic carbocycles. The molecule has 0 unspecified atom stereocenters. The molecule has 0 bridgehead atoms. The summed E-state index contributed by atoms with van der Waals surface area (Å²) in [5.74, 6) is 2.67. The van der Waals surface area contributed by atoms with E-state index in [0.717, 1.165) is 12.2 Å². The summed E-state index contributed by atoms with van der Waals surface area (Å²) in [7, 11) is 0. The lowest BCUT2D eigenvalue weighted by Crippen LogP contribution is -1.94. The summed E-state index contributed by atoms with van der Waals surface area (Å²) >= 11 is 13.9. The smallest absolute Gasteiger partial charge is 0.303 e. The maximum Gasteiger partial charge on any atom is 0.303 e. The van der Waals surface area contributed by atoms with E-state index in [1.54, 1.807) is 8.47 Å². The number of thioether (sulfide) groups is 7. The van der Waals surface area contributed by atoms with Gasteiger partial charge in [0.25, 0.3) is 0 Å². The van der Waals surface area contributed by atoms with Gasteiger partial charge in [-0.1, -0.05) is 151 Å². The molecule has 2 heterocycles. The molecule has 2 aliphatic heterocycles. The molecule has 230 valence electrons. The largest absolute Gasteiger partial charge is 0.481 e. The van der Waals surface area contributed by atoms with E-state index in [1.807, 2.05) is 58.8 Å². The zero-order chi connectivity index (χ0) is 28.8. The van der Waals surface area contributed by atoms with E-state index in [9.17, 15) is 4.79 Å². The first kappa shape index (κ1) is 37.3. The Kier molecular flexibility index (Phi) is 22.8. The molecular weight excluding hydrogens is 629 g/mol. The van der Waals surface area contributed by atoms with Crippen molar-refractivity contribution in [2.75, 3.05) is 17.3 Å². The third-order valence-corrected chi connectivity index (χ3v) is 17.1. The number of hydrogen-bond acceptors (Lipinski definition) is 8. The van der Waals surface area contributed by atoms with Gasteiger partial charge in [-0.2, -0.15) is 0 Å². The van der Waals surface area contributed by atoms with E-state index < -0.39 is 5.97 Å². The summed E-state index contributed by atoms with van der Waals surface area (Å²) in [5, 5.41) is 8.93. The molecule has 0 aromatic heterocycles. The molecule has 2 aliphatic rings. The number of carboxylic acids is 1. The first-order chi connectivity index (χ1) is 19.5. The third kappa shape index (κ3) is 16.8. The molecule has 0 saturated carbocycles. The molecular formula is C31H52O2S7. The van der Waals surface area contributed by atoms with Gasteiger partial charge < -0.3 is 5.11 Å². The lowest BCUT2D eigenvalue weighted by Gasteiger charge is -2.06. The molecule has 2 rings (SSSR count). The van der Waals surface area contributed by atoms with Crippen molar-refractivity contribution >= 4 is 88.3 Å². The van der Waals surface area contributed by atoms with Gasteiger partial charge in [0.15, 0.2) is 0 Å². The van der Waals surface area contributed by atoms with Gasteiger partial charge in [-0.05, 0) is 43.4 Å². The van der Waals surface area contributed by atoms with Crippen LogP contribution in [-0.2, 0) is 4.79 Å². The fourth-order valence-corrected chi connectivity index (χ4v) is 14.7. The van der Waals surface area contributed by atoms with Crippen LogP contribution in [0.2, 0.25) is 0 Å². The highest BCUT2D eigenvalue weighted by Crippen LogP contribution is 2.64. The Balaban J connectivity index is 1.80. The Morgan fingerprint density at radius 3 is 1.40 bits per heavy atom. The Labute approximate surface area is 275 Å². The molecule has 0 amide bonds. The van der Waals surface area contributed by atoms with Crippen LogP contribution in [-0.4, -0.2) is 28.3 Å². The summed E-state index contributed by atoms with van der Waals surface area (Å²) in [4.78, 5) is 12.2. The minimum absolute atomic E-state index is 0.263. The highest BCUT2D eigenvalue weighted by Gasteiger charge is 2.29. The van der Waals surface area contributed by atoms with Crippen LogP contribution in [0.5, 0.6) is 0 Å². The Morgan fingerprint density at radius 1 is 0.550 bits per heavy atom. The SMILES string of the molecule is CCCCCCCCCCSC1=C(SCCCCCCCCCC)SC(=C2SC(C)=C(SCCCC(=O)O)S2)S1. The van der Waals surface area contributed by atoms with Crippen molar-refractivity contribution in [1.29, 1.82) is 0 Å². The summed E-state index contributed by atoms with van der Waals surface area (Å²) in [6.45, 7) is 6.80. The van der Waals surface area contributed by atoms with Crippen LogP contribution >= 0.6 is 82.3 Å². The normalized spacial score (nSPS) is 15.8. The van der Waals surface area contributed by atoms with Crippen molar-refractivity contribution in [3.63, 3.8) is 0 Å². The number of carboxylic acid groups (broad SMARTS) is 1. The molecule has 0 aliphatic carbocycles. The minimum Gasteiger partial charge on any atom is -0.481 e. The number of aliphatic carboxylic acids is 1. The molecule has 40 heavy (non-hydrogen) atoms. The van der Waals surface area contributed by atoms with Crippen LogP contribution in [0.4, 0.5) is 0 Å². The summed E-state index contributed by atoms with van der Waals surface area (Å²) in [6.07, 6.45) is 23.1. The van der Waals surface area contributed by atoms with E-state index in [-0.39, 0.29) is 6.42 Å². The van der Waals surface area contributed by atoms with Crippen molar-refractivity contribution in [2.45, 2.75) is 136 Å². The van der Waals surface area contributed by atoms with Crippen molar-refractivity contribution in [3.05, 3.63) is 26.1 Å². The maximum atomic E-state index is 10.8. The summed E-state index contributed by atoms with van der Waals surface area (Å²) < 4.78 is 7.35. The zero-order valence-electron chi connectivity index (χ0n) is 25.1. The highest BCUT2D eigenvalue weighted by atomic mass is 32.3. The van der Waals surface area contributed by atoms with Crippen LogP contribution in [0.3, 0.4) is 0 Å². The molecule has 1 N–H and O–H groups in total. The Morgan fingerprint density at radius 2 is 0.925 bits per heavy atom. The van der Waals surface area contributed by atoms with Gasteiger partial charge in [0.1, 0.15) is 0 Å². The zero-order valence-corrected chi connectivity index (χ0v) is 30.8. The van der Waals surface area contributed by atoms with Crippen molar-refractivity contribution in [1.82, 2.24) is 0 Å². The average molecular weight is 681 g/mol. The van der Waals surface area contributed by atoms with Crippen molar-refractivity contribution in [2.24, 2.45) is 0 Å². The van der Waals surface area contributed by atoms with Crippen LogP contribution in [0, 0.1) is 0 Å². The monoisotopic (exact) mass is 680 g/mol. The van der Waals surface area contributed by atoms with E-state index in [4.69, 9.17) is 5.11 Å². The molecule has 0 atom stereocenters. The van der Waals surface area contributed by atoms with Crippen LogP contribution in [0.1, 0.15) is 136 Å². The van der Waals surface area contributed by atoms with E-state index in [1.165, 1.54) is 132 Å². The van der Waals surface area contributed by atoms with Crippen LogP contribution in [0.15, 0.2) is 26.1 Å². The predicted octanol–water partition coefficient (Wildman–Crippen LogP) is 13.7. The lowest BCUT2D eigenvalue weighted by molar-refractivity contribution is -0.137. The minimum atomic E-state index is -0.693. The number of allylic oxidation sites excluding steroid dienone is 1. The number of carbonyl (C=O) groups is 1. The number of rotatable bonds is 25. The van der Waals surface area contributed by atoms with Gasteiger partial charge >= 0.3 is 5.97 Å². The van der Waals surface area contributed by atoms with Crippen molar-refractivity contribution < 1.29 is 9.90 Å². The number of unbranched alkanes of at least 4 members (excludes halogenated alkanes) is 14. The van der Waals surface area contributed by atoms with E-state index in [0.29, 0.717) is 0 Å². The third-order valence-electron chi connectivity index (χ3n) is 6.65. The second kappa shape index (κ2) is 24.5. The molecule has 9 heteroatoms. The Hall–Kier alpha value is 1.14. The van der Waals surface area contributed by atoms with Crippen molar-refractivity contribution in [3.8, 4) is 0 Å². The van der Waals surface area contributed by atoms with Crippen LogP contribution < -0.4 is 0 Å². The molecule has 0 aromatic rings. The topological polar surface area (TPSA) is 37.3 Å². The quantitative estimate of drug-likeness (QED) is 0.0948. The standard InChI is InChI=1S/C31H52O2S7/c1-4-6-8-10-12-14-16-18-22-35-28-29(36-23-19-17-15-13-11-9-7-5-2)40-31(39-28)30-37-25(3)27(38-30)34-24-20-21-26(32)33/h4-24H2,1-3H3,(H,32,33). The molecule has 0 saturated heterocycles. The van der Waals surface area contributed by atoms with Gasteiger partial charge in [0.2, 0.25) is 0 Å². The van der Waals surface area contributed by atoms with Crippen LogP contribution in [0.25, 0.3) is 0 Å². The first-order valence-corrected chi connectivity index (χ1v) is 21.8. The second-order valence-corrected chi connectivity index (χ2v) is 19.3. The van der Waals surface area contributed by atoms with E-state index in [2.05, 4.69) is 44.3 Å². The first-order valence-electron chi connectivity index (χ1n) is 15.6. The fraction of sp³-hybridized carbons (Fsp3) is 0.774. The second-order valence-electron chi connectivity index (χ2n) is 10.4. The molecule has 0 fully saturated rings. The highest BCUT2D eigenvalue weighted by molar-refractivity contribution is 8.43. The van der Waals surface area contributed by atoms with Gasteiger partial charge in [-0.3, -0.25) is 4.79 Å². The summed E-state index contributed by atoms with van der Waals surface area (Å²) in [6, 6.07) is 0. The molecule has 0 radical (unpaired) electrons. The van der Waals surface area contributed by atoms with E-state index >= 15 is 0 Å². The maximum absolute atomic E-state index is 10.8. The summed E-state index contributed by atoms with van der Waals surface area (Å²) in [5.41, 5.74) is 0. The number of hydrogen-bond donors (Lipinski definition) is 1. The van der Waals surface area contributed by atoms with Gasteiger partial charge in [-0.25, -0.2) is 0 Å². The molecule has 2 nitrogen and oxygen atoms in total. The Bertz CT molecular complexity index is 787.